The van der Waals surface area contributed by atoms with E-state index in [2.05, 4.69) is 15.9 Å². The minimum Gasteiger partial charge on any atom is -0.383 e. The first-order chi connectivity index (χ1) is 16.0. The second-order valence-electron chi connectivity index (χ2n) is 8.08. The van der Waals surface area contributed by atoms with Gasteiger partial charge in [0.25, 0.3) is 0 Å². The highest BCUT2D eigenvalue weighted by Crippen LogP contribution is 2.40. The second kappa shape index (κ2) is 10.8. The molecule has 170 valence electrons. The minimum absolute atomic E-state index is 0.0359. The van der Waals surface area contributed by atoms with Gasteiger partial charge in [0.05, 0.1) is 30.3 Å². The topological polar surface area (TPSA) is 39.5 Å². The second-order valence-corrected chi connectivity index (χ2v) is 9.36. The number of halogens is 3. The van der Waals surface area contributed by atoms with E-state index in [-0.39, 0.29) is 12.1 Å². The van der Waals surface area contributed by atoms with Gasteiger partial charge in [-0.15, -0.1) is 0 Å². The van der Waals surface area contributed by atoms with Gasteiger partial charge in [0.2, 0.25) is 0 Å². The Labute approximate surface area is 209 Å². The van der Waals surface area contributed by atoms with Crippen molar-refractivity contribution < 1.29 is 4.74 Å². The van der Waals surface area contributed by atoms with Crippen molar-refractivity contribution in [3.05, 3.63) is 98.5 Å². The van der Waals surface area contributed by atoms with Gasteiger partial charge >= 0.3 is 0 Å². The van der Waals surface area contributed by atoms with E-state index in [1.54, 1.807) is 13.2 Å². The van der Waals surface area contributed by atoms with Crippen LogP contribution in [0, 0.1) is 11.3 Å². The van der Waals surface area contributed by atoms with Crippen molar-refractivity contribution in [1.82, 2.24) is 4.90 Å². The number of rotatable bonds is 6. The molecule has 0 N–H and O–H groups in total. The highest BCUT2D eigenvalue weighted by atomic mass is 35.5. The SMILES string of the molecule is COC[C@@H]1[C@H](c2ccc(Cl)cc2Cl)N(c2ccc(Cl)cc2)CCN1Cc1ccc(C#N)cc1. The molecule has 0 bridgehead atoms. The monoisotopic (exact) mass is 499 g/mol. The summed E-state index contributed by atoms with van der Waals surface area (Å²) in [7, 11) is 1.72. The smallest absolute Gasteiger partial charge is 0.0991 e. The molecule has 4 nitrogen and oxygen atoms in total. The molecule has 0 amide bonds. The van der Waals surface area contributed by atoms with Gasteiger partial charge in [-0.25, -0.2) is 0 Å². The van der Waals surface area contributed by atoms with Crippen molar-refractivity contribution in [2.24, 2.45) is 0 Å². The third-order valence-electron chi connectivity index (χ3n) is 6.04. The molecule has 33 heavy (non-hydrogen) atoms. The number of nitrogens with zero attached hydrogens (tertiary/aromatic N) is 3. The maximum Gasteiger partial charge on any atom is 0.0991 e. The number of methoxy groups -OCH3 is 1. The Kier molecular flexibility index (Phi) is 7.80. The van der Waals surface area contributed by atoms with Crippen molar-refractivity contribution in [1.29, 1.82) is 5.26 Å². The van der Waals surface area contributed by atoms with Crippen molar-refractivity contribution in [3.8, 4) is 6.07 Å². The number of ether oxygens (including phenoxy) is 1. The van der Waals surface area contributed by atoms with Gasteiger partial charge in [-0.3, -0.25) is 4.90 Å². The summed E-state index contributed by atoms with van der Waals surface area (Å²) in [6.45, 7) is 2.93. The largest absolute Gasteiger partial charge is 0.383 e. The lowest BCUT2D eigenvalue weighted by atomic mass is 9.92. The van der Waals surface area contributed by atoms with E-state index in [0.29, 0.717) is 27.2 Å². The van der Waals surface area contributed by atoms with Gasteiger partial charge < -0.3 is 9.64 Å². The molecule has 0 saturated carbocycles. The maximum atomic E-state index is 9.11. The van der Waals surface area contributed by atoms with Gasteiger partial charge in [-0.05, 0) is 59.7 Å². The molecule has 0 spiro atoms. The molecule has 0 radical (unpaired) electrons. The molecule has 7 heteroatoms. The van der Waals surface area contributed by atoms with Crippen molar-refractivity contribution in [2.45, 2.75) is 18.6 Å². The van der Waals surface area contributed by atoms with Gasteiger partial charge in [0.15, 0.2) is 0 Å². The van der Waals surface area contributed by atoms with Crippen LogP contribution in [0.1, 0.15) is 22.7 Å². The zero-order chi connectivity index (χ0) is 23.4. The van der Waals surface area contributed by atoms with Crippen molar-refractivity contribution in [3.63, 3.8) is 0 Å². The van der Waals surface area contributed by atoms with E-state index in [0.717, 1.165) is 36.4 Å². The van der Waals surface area contributed by atoms with Crippen LogP contribution in [-0.2, 0) is 11.3 Å². The minimum atomic E-state index is -0.0528. The molecule has 0 aliphatic carbocycles. The number of benzene rings is 3. The Bertz CT molecular complexity index is 1130. The third kappa shape index (κ3) is 5.46. The number of anilines is 1. The lowest BCUT2D eigenvalue weighted by Gasteiger charge is -2.49. The van der Waals surface area contributed by atoms with Crippen molar-refractivity contribution >= 4 is 40.5 Å². The molecule has 3 aromatic carbocycles. The first-order valence-corrected chi connectivity index (χ1v) is 11.8. The fourth-order valence-corrected chi connectivity index (χ4v) is 5.12. The van der Waals surface area contributed by atoms with Crippen LogP contribution in [0.3, 0.4) is 0 Å². The van der Waals surface area contributed by atoms with Crippen LogP contribution in [0.4, 0.5) is 5.69 Å². The number of hydrogen-bond donors (Lipinski definition) is 0. The van der Waals surface area contributed by atoms with Crippen LogP contribution in [0.25, 0.3) is 0 Å². The summed E-state index contributed by atoms with van der Waals surface area (Å²) in [6, 6.07) is 23.5. The van der Waals surface area contributed by atoms with E-state index in [1.165, 1.54) is 0 Å². The predicted molar refractivity (Wildman–Crippen MR) is 135 cm³/mol. The average molecular weight is 501 g/mol. The molecule has 1 saturated heterocycles. The molecule has 1 aliphatic rings. The molecule has 1 fully saturated rings. The van der Waals surface area contributed by atoms with Gasteiger partial charge in [0.1, 0.15) is 0 Å². The lowest BCUT2D eigenvalue weighted by molar-refractivity contribution is 0.0527. The highest BCUT2D eigenvalue weighted by molar-refractivity contribution is 6.35. The summed E-state index contributed by atoms with van der Waals surface area (Å²) >= 11 is 19.1. The molecule has 1 aliphatic heterocycles. The summed E-state index contributed by atoms with van der Waals surface area (Å²) in [5.41, 5.74) is 3.89. The van der Waals surface area contributed by atoms with E-state index in [4.69, 9.17) is 44.8 Å². The van der Waals surface area contributed by atoms with Crippen LogP contribution < -0.4 is 4.90 Å². The van der Waals surface area contributed by atoms with Gasteiger partial charge in [0, 0.05) is 47.5 Å². The number of nitriles is 1. The summed E-state index contributed by atoms with van der Waals surface area (Å²) in [5, 5.41) is 11.1. The zero-order valence-corrected chi connectivity index (χ0v) is 20.5. The molecule has 3 aromatic rings. The quantitative estimate of drug-likeness (QED) is 0.382. The molecular weight excluding hydrogens is 477 g/mol. The Balaban J connectivity index is 1.73. The number of piperazine rings is 1. The van der Waals surface area contributed by atoms with Crippen LogP contribution in [0.2, 0.25) is 15.1 Å². The molecular formula is C26H24Cl3N3O. The lowest BCUT2D eigenvalue weighted by Crippen LogP contribution is -2.56. The van der Waals surface area contributed by atoms with E-state index >= 15 is 0 Å². The Morgan fingerprint density at radius 2 is 1.64 bits per heavy atom. The van der Waals surface area contributed by atoms with Crippen molar-refractivity contribution in [2.75, 3.05) is 31.7 Å². The summed E-state index contributed by atoms with van der Waals surface area (Å²) < 4.78 is 5.70. The molecule has 0 aromatic heterocycles. The Morgan fingerprint density at radius 3 is 2.27 bits per heavy atom. The van der Waals surface area contributed by atoms with Crippen LogP contribution in [0.15, 0.2) is 66.7 Å². The summed E-state index contributed by atoms with van der Waals surface area (Å²) in [6.07, 6.45) is 0. The fraction of sp³-hybridized carbons (Fsp3) is 0.269. The highest BCUT2D eigenvalue weighted by Gasteiger charge is 2.38. The van der Waals surface area contributed by atoms with Gasteiger partial charge in [-0.2, -0.15) is 5.26 Å². The fourth-order valence-electron chi connectivity index (χ4n) is 4.47. The first kappa shape index (κ1) is 23.9. The van der Waals surface area contributed by atoms with Crippen LogP contribution in [0.5, 0.6) is 0 Å². The van der Waals surface area contributed by atoms with E-state index in [9.17, 15) is 0 Å². The molecule has 4 rings (SSSR count). The van der Waals surface area contributed by atoms with Gasteiger partial charge in [-0.1, -0.05) is 53.0 Å². The zero-order valence-electron chi connectivity index (χ0n) is 18.2. The standard InChI is InChI=1S/C26H24Cl3N3O/c1-33-17-25-26(23-11-8-21(28)14-24(23)29)32(22-9-6-20(27)7-10-22)13-12-31(25)16-19-4-2-18(15-30)3-5-19/h2-11,14,25-26H,12-13,16-17H2,1H3/t25-,26+/m1/s1. The molecule has 2 atom stereocenters. The predicted octanol–water partition coefficient (Wildman–Crippen LogP) is 6.60. The maximum absolute atomic E-state index is 9.11. The summed E-state index contributed by atoms with van der Waals surface area (Å²) in [5.74, 6) is 0. The Hall–Kier alpha value is -2.26. The molecule has 1 heterocycles. The van der Waals surface area contributed by atoms with Crippen LogP contribution in [-0.4, -0.2) is 37.7 Å². The average Bonchev–Trinajstić information content (AvgIpc) is 2.82. The van der Waals surface area contributed by atoms with E-state index in [1.807, 2.05) is 60.7 Å². The van der Waals surface area contributed by atoms with E-state index < -0.39 is 0 Å². The normalized spacial score (nSPS) is 18.8. The number of hydrogen-bond acceptors (Lipinski definition) is 4. The summed E-state index contributed by atoms with van der Waals surface area (Å²) in [4.78, 5) is 4.79. The third-order valence-corrected chi connectivity index (χ3v) is 6.86. The molecule has 0 unspecified atom stereocenters. The first-order valence-electron chi connectivity index (χ1n) is 10.7. The van der Waals surface area contributed by atoms with Crippen LogP contribution >= 0.6 is 34.8 Å². The Morgan fingerprint density at radius 1 is 0.939 bits per heavy atom.